The summed E-state index contributed by atoms with van der Waals surface area (Å²) in [4.78, 5) is 24.5. The maximum absolute atomic E-state index is 12.4. The van der Waals surface area contributed by atoms with Crippen molar-refractivity contribution in [2.75, 3.05) is 21.3 Å². The maximum Gasteiger partial charge on any atom is 0.293 e. The lowest BCUT2D eigenvalue weighted by Gasteiger charge is -2.17. The molecule has 7 heteroatoms. The molecule has 1 atom stereocenters. The van der Waals surface area contributed by atoms with E-state index < -0.39 is 17.7 Å². The first-order valence-electron chi connectivity index (χ1n) is 8.14. The van der Waals surface area contributed by atoms with Gasteiger partial charge in [-0.25, -0.2) is 0 Å². The van der Waals surface area contributed by atoms with Crippen LogP contribution in [0.15, 0.2) is 48.0 Å². The second kappa shape index (κ2) is 7.41. The fourth-order valence-corrected chi connectivity index (χ4v) is 2.96. The van der Waals surface area contributed by atoms with Crippen molar-refractivity contribution in [2.24, 2.45) is 0 Å². The molecule has 1 amide bonds. The van der Waals surface area contributed by atoms with Gasteiger partial charge in [0.25, 0.3) is 11.7 Å². The van der Waals surface area contributed by atoms with Crippen molar-refractivity contribution in [3.8, 4) is 17.2 Å². The van der Waals surface area contributed by atoms with Gasteiger partial charge in [0, 0.05) is 17.2 Å². The number of aliphatic hydroxyl groups excluding tert-OH is 1. The largest absolute Gasteiger partial charge is 0.507 e. The fourth-order valence-electron chi connectivity index (χ4n) is 2.96. The molecule has 2 N–H and O–H groups in total. The average molecular weight is 369 g/mol. The number of benzene rings is 2. The molecule has 0 spiro atoms. The number of Topliss-reactive ketones (excluding diaryl/α,β-unsaturated/α-hetero) is 1. The summed E-state index contributed by atoms with van der Waals surface area (Å²) in [7, 11) is 4.53. The van der Waals surface area contributed by atoms with E-state index >= 15 is 0 Å². The van der Waals surface area contributed by atoms with Gasteiger partial charge in [-0.1, -0.05) is 0 Å². The van der Waals surface area contributed by atoms with Crippen molar-refractivity contribution < 1.29 is 28.9 Å². The normalized spacial score (nSPS) is 18.1. The van der Waals surface area contributed by atoms with Gasteiger partial charge in [-0.05, 0) is 36.4 Å². The molecule has 0 unspecified atom stereocenters. The minimum atomic E-state index is -0.840. The number of carbonyl (C=O) groups excluding carboxylic acids is 2. The number of hydrogen-bond donors (Lipinski definition) is 2. The summed E-state index contributed by atoms with van der Waals surface area (Å²) < 4.78 is 15.6. The molecule has 0 bridgehead atoms. The third kappa shape index (κ3) is 3.31. The van der Waals surface area contributed by atoms with Crippen LogP contribution in [0.1, 0.15) is 17.2 Å². The molecule has 0 saturated carbocycles. The predicted molar refractivity (Wildman–Crippen MR) is 98.0 cm³/mol. The number of rotatable bonds is 5. The minimum Gasteiger partial charge on any atom is -0.507 e. The lowest BCUT2D eigenvalue weighted by atomic mass is 9.95. The van der Waals surface area contributed by atoms with E-state index in [9.17, 15) is 14.7 Å². The van der Waals surface area contributed by atoms with Crippen LogP contribution in [-0.4, -0.2) is 38.1 Å². The second-order valence-corrected chi connectivity index (χ2v) is 5.83. The van der Waals surface area contributed by atoms with Crippen LogP contribution in [0.2, 0.25) is 0 Å². The summed E-state index contributed by atoms with van der Waals surface area (Å²) in [6.45, 7) is 0. The smallest absolute Gasteiger partial charge is 0.293 e. The van der Waals surface area contributed by atoms with Crippen molar-refractivity contribution >= 4 is 17.4 Å². The van der Waals surface area contributed by atoms with E-state index in [1.54, 1.807) is 42.5 Å². The Kier molecular flexibility index (Phi) is 5.03. The SMILES string of the molecule is COc1ccc(/C(O)=C2\C(=O)C(=O)N[C@@H]2c2ccc(OC)cc2OC)cc1. The highest BCUT2D eigenvalue weighted by Crippen LogP contribution is 2.38. The van der Waals surface area contributed by atoms with Crippen LogP contribution in [0, 0.1) is 0 Å². The number of nitrogens with one attached hydrogen (secondary N) is 1. The Labute approximate surface area is 156 Å². The third-order valence-electron chi connectivity index (χ3n) is 4.39. The molecular weight excluding hydrogens is 350 g/mol. The van der Waals surface area contributed by atoms with E-state index in [0.29, 0.717) is 28.4 Å². The van der Waals surface area contributed by atoms with E-state index in [0.717, 1.165) is 0 Å². The van der Waals surface area contributed by atoms with Gasteiger partial charge >= 0.3 is 0 Å². The first-order chi connectivity index (χ1) is 13.0. The van der Waals surface area contributed by atoms with E-state index in [1.807, 2.05) is 0 Å². The Morgan fingerprint density at radius 3 is 2.15 bits per heavy atom. The number of aliphatic hydroxyl groups is 1. The monoisotopic (exact) mass is 369 g/mol. The Morgan fingerprint density at radius 2 is 1.56 bits per heavy atom. The first-order valence-corrected chi connectivity index (χ1v) is 8.14. The molecule has 0 radical (unpaired) electrons. The molecule has 1 fully saturated rings. The van der Waals surface area contributed by atoms with Crippen LogP contribution >= 0.6 is 0 Å². The van der Waals surface area contributed by atoms with Crippen molar-refractivity contribution in [1.29, 1.82) is 0 Å². The fraction of sp³-hybridized carbons (Fsp3) is 0.200. The van der Waals surface area contributed by atoms with Gasteiger partial charge in [0.05, 0.1) is 32.9 Å². The molecular formula is C20H19NO6. The Balaban J connectivity index is 2.11. The van der Waals surface area contributed by atoms with E-state index in [1.165, 1.54) is 21.3 Å². The number of ketones is 1. The standard InChI is InChI=1S/C20H19NO6/c1-25-12-6-4-11(5-7-12)18(22)16-17(21-20(24)19(16)23)14-9-8-13(26-2)10-15(14)27-3/h4-10,17,22H,1-3H3,(H,21,24)/b18-16+/t17-/m1/s1. The zero-order valence-electron chi connectivity index (χ0n) is 15.1. The van der Waals surface area contributed by atoms with Crippen LogP contribution in [0.5, 0.6) is 17.2 Å². The van der Waals surface area contributed by atoms with Crippen LogP contribution in [0.4, 0.5) is 0 Å². The van der Waals surface area contributed by atoms with Gasteiger partial charge in [0.1, 0.15) is 23.0 Å². The molecule has 7 nitrogen and oxygen atoms in total. The highest BCUT2D eigenvalue weighted by Gasteiger charge is 2.40. The molecule has 1 aliphatic rings. The highest BCUT2D eigenvalue weighted by atomic mass is 16.5. The summed E-state index contributed by atoms with van der Waals surface area (Å²) in [6.07, 6.45) is 0. The third-order valence-corrected chi connectivity index (χ3v) is 4.39. The zero-order chi connectivity index (χ0) is 19.6. The molecule has 0 aliphatic carbocycles. The van der Waals surface area contributed by atoms with Crippen molar-refractivity contribution in [3.05, 3.63) is 59.2 Å². The van der Waals surface area contributed by atoms with E-state index in [4.69, 9.17) is 14.2 Å². The van der Waals surface area contributed by atoms with Crippen molar-refractivity contribution in [1.82, 2.24) is 5.32 Å². The predicted octanol–water partition coefficient (Wildman–Crippen LogP) is 2.42. The van der Waals surface area contributed by atoms with Crippen LogP contribution in [0.3, 0.4) is 0 Å². The van der Waals surface area contributed by atoms with Gasteiger partial charge < -0.3 is 24.6 Å². The average Bonchev–Trinajstić information content (AvgIpc) is 3.01. The number of carbonyl (C=O) groups is 2. The van der Waals surface area contributed by atoms with Crippen LogP contribution in [0.25, 0.3) is 5.76 Å². The Bertz CT molecular complexity index is 917. The summed E-state index contributed by atoms with van der Waals surface area (Å²) in [6, 6.07) is 10.7. The molecule has 2 aromatic carbocycles. The van der Waals surface area contributed by atoms with Gasteiger partial charge in [0.2, 0.25) is 0 Å². The number of amides is 1. The second-order valence-electron chi connectivity index (χ2n) is 5.83. The molecule has 3 rings (SSSR count). The van der Waals surface area contributed by atoms with Crippen molar-refractivity contribution in [3.63, 3.8) is 0 Å². The summed E-state index contributed by atoms with van der Waals surface area (Å²) >= 11 is 0. The molecule has 2 aromatic rings. The van der Waals surface area contributed by atoms with E-state index in [2.05, 4.69) is 5.32 Å². The Morgan fingerprint density at radius 1 is 0.926 bits per heavy atom. The van der Waals surface area contributed by atoms with Gasteiger partial charge in [-0.3, -0.25) is 9.59 Å². The lowest BCUT2D eigenvalue weighted by molar-refractivity contribution is -0.133. The van der Waals surface area contributed by atoms with Gasteiger partial charge in [-0.2, -0.15) is 0 Å². The first kappa shape index (κ1) is 18.3. The lowest BCUT2D eigenvalue weighted by Crippen LogP contribution is -2.21. The topological polar surface area (TPSA) is 94.1 Å². The molecule has 0 aromatic heterocycles. The molecule has 27 heavy (non-hydrogen) atoms. The number of methoxy groups -OCH3 is 3. The molecule has 1 aliphatic heterocycles. The molecule has 1 heterocycles. The van der Waals surface area contributed by atoms with Gasteiger partial charge in [-0.15, -0.1) is 0 Å². The quantitative estimate of drug-likeness (QED) is 0.478. The summed E-state index contributed by atoms with van der Waals surface area (Å²) in [5, 5.41) is 13.3. The molecule has 140 valence electrons. The Hall–Kier alpha value is -3.48. The summed E-state index contributed by atoms with van der Waals surface area (Å²) in [5.41, 5.74) is 0.898. The number of hydrogen-bond acceptors (Lipinski definition) is 6. The summed E-state index contributed by atoms with van der Waals surface area (Å²) in [5.74, 6) is -0.245. The van der Waals surface area contributed by atoms with Crippen LogP contribution in [-0.2, 0) is 9.59 Å². The van der Waals surface area contributed by atoms with Crippen LogP contribution < -0.4 is 19.5 Å². The number of ether oxygens (including phenoxy) is 3. The van der Waals surface area contributed by atoms with Gasteiger partial charge in [0.15, 0.2) is 0 Å². The minimum absolute atomic E-state index is 0.0337. The molecule has 1 saturated heterocycles. The van der Waals surface area contributed by atoms with Crippen molar-refractivity contribution in [2.45, 2.75) is 6.04 Å². The van der Waals surface area contributed by atoms with E-state index in [-0.39, 0.29) is 11.3 Å². The highest BCUT2D eigenvalue weighted by molar-refractivity contribution is 6.46. The zero-order valence-corrected chi connectivity index (χ0v) is 15.1. The maximum atomic E-state index is 12.4.